The second-order valence-electron chi connectivity index (χ2n) is 4.82. The average Bonchev–Trinajstić information content (AvgIpc) is 2.26. The van der Waals surface area contributed by atoms with Gasteiger partial charge in [-0.25, -0.2) is 4.39 Å². The first kappa shape index (κ1) is 15.4. The van der Waals surface area contributed by atoms with Gasteiger partial charge in [0.2, 0.25) is 0 Å². The van der Waals surface area contributed by atoms with Crippen LogP contribution in [0, 0.1) is 0 Å². The second kappa shape index (κ2) is 5.57. The predicted molar refractivity (Wildman–Crippen MR) is 73.3 cm³/mol. The van der Waals surface area contributed by atoms with Crippen LogP contribution in [0.3, 0.4) is 0 Å². The van der Waals surface area contributed by atoms with Crippen molar-refractivity contribution < 1.29 is 14.0 Å². The maximum Gasteiger partial charge on any atom is 0.261 e. The summed E-state index contributed by atoms with van der Waals surface area (Å²) in [5.41, 5.74) is -1.31. The number of alkyl halides is 1. The lowest BCUT2D eigenvalue weighted by Crippen LogP contribution is -2.32. The van der Waals surface area contributed by atoms with Gasteiger partial charge in [0.05, 0.1) is 10.6 Å². The van der Waals surface area contributed by atoms with Crippen molar-refractivity contribution in [2.24, 2.45) is 0 Å². The third kappa shape index (κ3) is 3.92. The highest BCUT2D eigenvalue weighted by atomic mass is 35.5. The van der Waals surface area contributed by atoms with E-state index < -0.39 is 11.6 Å². The highest BCUT2D eigenvalue weighted by molar-refractivity contribution is 6.34. The Hall–Kier alpha value is -1.62. The average molecular weight is 287 g/mol. The number of anilines is 1. The van der Waals surface area contributed by atoms with Crippen molar-refractivity contribution in [3.05, 3.63) is 28.8 Å². The third-order valence-corrected chi connectivity index (χ3v) is 2.72. The molecule has 1 rings (SSSR count). The van der Waals surface area contributed by atoms with Gasteiger partial charge in [-0.3, -0.25) is 9.59 Å². The van der Waals surface area contributed by atoms with Gasteiger partial charge in [-0.2, -0.15) is 0 Å². The largest absolute Gasteiger partial charge is 0.345 e. The van der Waals surface area contributed by atoms with Crippen LogP contribution in [0.4, 0.5) is 10.1 Å². The molecule has 0 unspecified atom stereocenters. The van der Waals surface area contributed by atoms with Gasteiger partial charge in [0.15, 0.2) is 5.67 Å². The molecular weight excluding hydrogens is 271 g/mol. The summed E-state index contributed by atoms with van der Waals surface area (Å²) in [4.78, 5) is 24.6. The van der Waals surface area contributed by atoms with E-state index >= 15 is 0 Å². The molecule has 0 heterocycles. The lowest BCUT2D eigenvalue weighted by atomic mass is 10.1. The predicted octanol–water partition coefficient (Wildman–Crippen LogP) is 2.73. The summed E-state index contributed by atoms with van der Waals surface area (Å²) in [6.45, 7) is 2.32. The Labute approximate surface area is 116 Å². The van der Waals surface area contributed by atoms with Crippen LogP contribution in [-0.2, 0) is 4.79 Å². The number of amides is 2. The molecule has 0 bridgehead atoms. The Kier molecular flexibility index (Phi) is 4.52. The smallest absolute Gasteiger partial charge is 0.261 e. The Balaban J connectivity index is 2.95. The summed E-state index contributed by atoms with van der Waals surface area (Å²) in [6.07, 6.45) is 0. The van der Waals surface area contributed by atoms with Gasteiger partial charge >= 0.3 is 0 Å². The first-order chi connectivity index (χ1) is 8.62. The van der Waals surface area contributed by atoms with Crippen LogP contribution in [0.2, 0.25) is 5.02 Å². The van der Waals surface area contributed by atoms with Crippen LogP contribution in [0.5, 0.6) is 0 Å². The van der Waals surface area contributed by atoms with Crippen LogP contribution >= 0.6 is 11.6 Å². The first-order valence-corrected chi connectivity index (χ1v) is 6.02. The summed E-state index contributed by atoms with van der Waals surface area (Å²) in [7, 11) is 3.22. The molecule has 4 nitrogen and oxygen atoms in total. The standard InChI is InChI=1S/C13H16ClFN2O2/c1-13(2,15)12(19)16-8-5-6-9(10(14)7-8)11(18)17(3)4/h5-7H,1-4H3,(H,16,19). The number of nitrogens with one attached hydrogen (secondary N) is 1. The molecule has 0 saturated heterocycles. The van der Waals surface area contributed by atoms with Crippen LogP contribution in [-0.4, -0.2) is 36.5 Å². The number of nitrogens with zero attached hydrogens (tertiary/aromatic N) is 1. The van der Waals surface area contributed by atoms with Crippen LogP contribution < -0.4 is 5.32 Å². The fraction of sp³-hybridized carbons (Fsp3) is 0.385. The number of carbonyl (C=O) groups excluding carboxylic acids is 2. The zero-order valence-electron chi connectivity index (χ0n) is 11.3. The molecule has 6 heteroatoms. The van der Waals surface area contributed by atoms with E-state index in [1.807, 2.05) is 0 Å². The zero-order chi connectivity index (χ0) is 14.8. The minimum absolute atomic E-state index is 0.202. The van der Waals surface area contributed by atoms with E-state index in [0.29, 0.717) is 11.3 Å². The molecule has 1 aromatic rings. The highest BCUT2D eigenvalue weighted by Crippen LogP contribution is 2.23. The molecule has 0 spiro atoms. The maximum atomic E-state index is 13.4. The molecule has 0 fully saturated rings. The molecule has 0 aliphatic carbocycles. The zero-order valence-corrected chi connectivity index (χ0v) is 12.0. The summed E-state index contributed by atoms with van der Waals surface area (Å²) in [6, 6.07) is 4.42. The SMILES string of the molecule is CN(C)C(=O)c1ccc(NC(=O)C(C)(C)F)cc1Cl. The quantitative estimate of drug-likeness (QED) is 0.929. The number of benzene rings is 1. The van der Waals surface area contributed by atoms with Crippen molar-refractivity contribution in [3.63, 3.8) is 0 Å². The van der Waals surface area contributed by atoms with E-state index in [1.165, 1.54) is 23.1 Å². The molecule has 2 amide bonds. The molecular formula is C13H16ClFN2O2. The normalized spacial score (nSPS) is 11.1. The first-order valence-electron chi connectivity index (χ1n) is 5.64. The molecule has 0 aliphatic heterocycles. The molecule has 0 radical (unpaired) electrons. The lowest BCUT2D eigenvalue weighted by Gasteiger charge is -2.15. The lowest BCUT2D eigenvalue weighted by molar-refractivity contribution is -0.125. The van der Waals surface area contributed by atoms with Crippen molar-refractivity contribution in [1.29, 1.82) is 0 Å². The van der Waals surface area contributed by atoms with Crippen molar-refractivity contribution in [2.75, 3.05) is 19.4 Å². The molecule has 0 atom stereocenters. The van der Waals surface area contributed by atoms with Gasteiger partial charge < -0.3 is 10.2 Å². The summed E-state index contributed by atoms with van der Waals surface area (Å²) >= 11 is 5.97. The van der Waals surface area contributed by atoms with Gasteiger partial charge in [-0.15, -0.1) is 0 Å². The van der Waals surface area contributed by atoms with Crippen molar-refractivity contribution in [2.45, 2.75) is 19.5 Å². The topological polar surface area (TPSA) is 49.4 Å². The van der Waals surface area contributed by atoms with Gasteiger partial charge in [0, 0.05) is 19.8 Å². The number of carbonyl (C=O) groups is 2. The van der Waals surface area contributed by atoms with Crippen LogP contribution in [0.25, 0.3) is 0 Å². The van der Waals surface area contributed by atoms with Gasteiger partial charge in [0.1, 0.15) is 0 Å². The summed E-state index contributed by atoms with van der Waals surface area (Å²) in [5, 5.41) is 2.60. The van der Waals surface area contributed by atoms with Crippen molar-refractivity contribution >= 4 is 29.1 Å². The van der Waals surface area contributed by atoms with Crippen LogP contribution in [0.1, 0.15) is 24.2 Å². The molecule has 0 saturated carbocycles. The maximum absolute atomic E-state index is 13.4. The van der Waals surface area contributed by atoms with Crippen molar-refractivity contribution in [3.8, 4) is 0 Å². The fourth-order valence-electron chi connectivity index (χ4n) is 1.29. The van der Waals surface area contributed by atoms with E-state index in [4.69, 9.17) is 11.6 Å². The van der Waals surface area contributed by atoms with Gasteiger partial charge in [-0.1, -0.05) is 11.6 Å². The molecule has 19 heavy (non-hydrogen) atoms. The minimum Gasteiger partial charge on any atom is -0.345 e. The van der Waals surface area contributed by atoms with E-state index in [2.05, 4.69) is 5.32 Å². The third-order valence-electron chi connectivity index (χ3n) is 2.40. The van der Waals surface area contributed by atoms with Crippen molar-refractivity contribution in [1.82, 2.24) is 4.90 Å². The number of hydrogen-bond donors (Lipinski definition) is 1. The molecule has 1 aromatic carbocycles. The second-order valence-corrected chi connectivity index (χ2v) is 5.23. The summed E-state index contributed by atoms with van der Waals surface area (Å²) < 4.78 is 13.4. The van der Waals surface area contributed by atoms with E-state index in [9.17, 15) is 14.0 Å². The van der Waals surface area contributed by atoms with Gasteiger partial charge in [0.25, 0.3) is 11.8 Å². The minimum atomic E-state index is -1.98. The van der Waals surface area contributed by atoms with E-state index in [-0.39, 0.29) is 10.9 Å². The summed E-state index contributed by atoms with van der Waals surface area (Å²) in [5.74, 6) is -1.01. The Morgan fingerprint density at radius 3 is 2.32 bits per heavy atom. The number of rotatable bonds is 3. The van der Waals surface area contributed by atoms with Crippen LogP contribution in [0.15, 0.2) is 18.2 Å². The van der Waals surface area contributed by atoms with E-state index in [0.717, 1.165) is 13.8 Å². The highest BCUT2D eigenvalue weighted by Gasteiger charge is 2.26. The number of halogens is 2. The number of hydrogen-bond acceptors (Lipinski definition) is 2. The molecule has 0 aliphatic rings. The Morgan fingerprint density at radius 1 is 1.32 bits per heavy atom. The Bertz CT molecular complexity index is 510. The van der Waals surface area contributed by atoms with Gasteiger partial charge in [-0.05, 0) is 32.0 Å². The fourth-order valence-corrected chi connectivity index (χ4v) is 1.55. The molecule has 104 valence electrons. The monoisotopic (exact) mass is 286 g/mol. The Morgan fingerprint density at radius 2 is 1.89 bits per heavy atom. The molecule has 0 aromatic heterocycles. The van der Waals surface area contributed by atoms with E-state index in [1.54, 1.807) is 14.1 Å². The molecule has 1 N–H and O–H groups in total.